The molecule has 1 aromatic heterocycles. The van der Waals surface area contributed by atoms with Gasteiger partial charge < -0.3 is 10.4 Å². The van der Waals surface area contributed by atoms with E-state index in [0.717, 1.165) is 12.5 Å². The lowest BCUT2D eigenvalue weighted by molar-refractivity contribution is 0.269. The molecule has 0 radical (unpaired) electrons. The highest BCUT2D eigenvalue weighted by Crippen LogP contribution is 2.24. The molecular weight excluding hydrogens is 202 g/mol. The Morgan fingerprint density at radius 2 is 2.44 bits per heavy atom. The predicted octanol–water partition coefficient (Wildman–Crippen LogP) is 1.15. The van der Waals surface area contributed by atoms with Crippen molar-refractivity contribution in [3.8, 4) is 0 Å². The first-order valence-corrected chi connectivity index (χ1v) is 6.13. The summed E-state index contributed by atoms with van der Waals surface area (Å²) in [6, 6.07) is 0.677. The van der Waals surface area contributed by atoms with Crippen LogP contribution in [0.4, 0.5) is 0 Å². The summed E-state index contributed by atoms with van der Waals surface area (Å²) in [6.07, 6.45) is 7.82. The molecule has 0 amide bonds. The second kappa shape index (κ2) is 5.46. The minimum Gasteiger partial charge on any atom is -0.394 e. The minimum absolute atomic E-state index is 0.148. The van der Waals surface area contributed by atoms with Crippen LogP contribution >= 0.6 is 0 Å². The first-order valence-electron chi connectivity index (χ1n) is 6.13. The largest absolute Gasteiger partial charge is 0.394 e. The summed E-state index contributed by atoms with van der Waals surface area (Å²) < 4.78 is 1.79. The maximum Gasteiger partial charge on any atom is 0.0640 e. The molecule has 4 heteroatoms. The third kappa shape index (κ3) is 3.06. The molecule has 2 unspecified atom stereocenters. The number of nitrogens with zero attached hydrogens (tertiary/aromatic N) is 2. The van der Waals surface area contributed by atoms with Crippen molar-refractivity contribution in [3.05, 3.63) is 18.0 Å². The number of hydrogen-bond donors (Lipinski definition) is 2. The monoisotopic (exact) mass is 223 g/mol. The van der Waals surface area contributed by atoms with Crippen LogP contribution in [0.25, 0.3) is 0 Å². The fourth-order valence-corrected chi connectivity index (χ4v) is 2.38. The maximum absolute atomic E-state index is 8.78. The van der Waals surface area contributed by atoms with Crippen molar-refractivity contribution < 1.29 is 5.11 Å². The van der Waals surface area contributed by atoms with Crippen molar-refractivity contribution in [2.75, 3.05) is 6.61 Å². The number of aliphatic hydroxyl groups is 1. The quantitative estimate of drug-likeness (QED) is 0.787. The molecule has 2 N–H and O–H groups in total. The summed E-state index contributed by atoms with van der Waals surface area (Å²) in [6.45, 7) is 3.94. The molecule has 16 heavy (non-hydrogen) atoms. The highest BCUT2D eigenvalue weighted by Gasteiger charge is 2.20. The zero-order chi connectivity index (χ0) is 11.4. The smallest absolute Gasteiger partial charge is 0.0640 e. The zero-order valence-corrected chi connectivity index (χ0v) is 9.89. The van der Waals surface area contributed by atoms with E-state index in [4.69, 9.17) is 5.11 Å². The molecule has 2 atom stereocenters. The number of aliphatic hydroxyl groups excluding tert-OH is 1. The second-order valence-corrected chi connectivity index (χ2v) is 4.83. The normalized spacial score (nSPS) is 25.1. The topological polar surface area (TPSA) is 50.1 Å². The van der Waals surface area contributed by atoms with Crippen LogP contribution in [0.15, 0.2) is 12.4 Å². The third-order valence-corrected chi connectivity index (χ3v) is 3.31. The molecule has 0 saturated heterocycles. The summed E-state index contributed by atoms with van der Waals surface area (Å²) in [7, 11) is 0. The van der Waals surface area contributed by atoms with Gasteiger partial charge in [-0.05, 0) is 25.2 Å². The zero-order valence-electron chi connectivity index (χ0n) is 9.89. The summed E-state index contributed by atoms with van der Waals surface area (Å²) in [5.41, 5.74) is 1.20. The maximum atomic E-state index is 8.78. The summed E-state index contributed by atoms with van der Waals surface area (Å²) in [5, 5.41) is 16.5. The van der Waals surface area contributed by atoms with E-state index in [1.54, 1.807) is 4.68 Å². The van der Waals surface area contributed by atoms with Gasteiger partial charge in [0, 0.05) is 24.3 Å². The lowest BCUT2D eigenvalue weighted by atomic mass is 10.1. The number of nitrogens with one attached hydrogen (secondary N) is 1. The Labute approximate surface area is 96.7 Å². The molecule has 1 fully saturated rings. The van der Waals surface area contributed by atoms with Crippen LogP contribution in [-0.4, -0.2) is 27.5 Å². The van der Waals surface area contributed by atoms with Crippen molar-refractivity contribution in [1.82, 2.24) is 15.1 Å². The van der Waals surface area contributed by atoms with Crippen molar-refractivity contribution in [2.24, 2.45) is 5.92 Å². The van der Waals surface area contributed by atoms with E-state index in [9.17, 15) is 0 Å². The molecule has 0 bridgehead atoms. The van der Waals surface area contributed by atoms with Gasteiger partial charge in [0.2, 0.25) is 0 Å². The molecule has 1 saturated carbocycles. The predicted molar refractivity (Wildman–Crippen MR) is 63.0 cm³/mol. The standard InChI is InChI=1S/C12H21N3O/c1-10-2-3-12(6-10)13-7-11-8-14-15(9-11)4-5-16/h8-10,12-13,16H,2-7H2,1H3. The molecular formula is C12H21N3O. The second-order valence-electron chi connectivity index (χ2n) is 4.83. The molecule has 1 heterocycles. The van der Waals surface area contributed by atoms with Gasteiger partial charge in [0.25, 0.3) is 0 Å². The molecule has 1 aromatic rings. The average Bonchev–Trinajstić information content (AvgIpc) is 2.85. The molecule has 0 aromatic carbocycles. The Morgan fingerprint density at radius 1 is 1.56 bits per heavy atom. The van der Waals surface area contributed by atoms with Crippen LogP contribution in [0.1, 0.15) is 31.7 Å². The minimum atomic E-state index is 0.148. The Hall–Kier alpha value is -0.870. The average molecular weight is 223 g/mol. The number of aromatic nitrogens is 2. The summed E-state index contributed by atoms with van der Waals surface area (Å²) >= 11 is 0. The molecule has 1 aliphatic carbocycles. The highest BCUT2D eigenvalue weighted by molar-refractivity contribution is 5.03. The number of rotatable bonds is 5. The SMILES string of the molecule is CC1CCC(NCc2cnn(CCO)c2)C1. The fourth-order valence-electron chi connectivity index (χ4n) is 2.38. The van der Waals surface area contributed by atoms with Crippen molar-refractivity contribution in [2.45, 2.75) is 45.3 Å². The molecule has 0 aliphatic heterocycles. The lowest BCUT2D eigenvalue weighted by Gasteiger charge is -2.10. The van der Waals surface area contributed by atoms with Gasteiger partial charge in [0.15, 0.2) is 0 Å². The van der Waals surface area contributed by atoms with E-state index >= 15 is 0 Å². The van der Waals surface area contributed by atoms with Gasteiger partial charge in [-0.3, -0.25) is 4.68 Å². The molecule has 0 spiro atoms. The first-order chi connectivity index (χ1) is 7.78. The highest BCUT2D eigenvalue weighted by atomic mass is 16.3. The first kappa shape index (κ1) is 11.6. The van der Waals surface area contributed by atoms with Gasteiger partial charge in [-0.25, -0.2) is 0 Å². The van der Waals surface area contributed by atoms with Gasteiger partial charge in [-0.15, -0.1) is 0 Å². The Balaban J connectivity index is 1.76. The van der Waals surface area contributed by atoms with Crippen LogP contribution in [0.5, 0.6) is 0 Å². The van der Waals surface area contributed by atoms with Crippen LogP contribution < -0.4 is 5.32 Å². The van der Waals surface area contributed by atoms with E-state index in [0.29, 0.717) is 12.6 Å². The van der Waals surface area contributed by atoms with Crippen LogP contribution in [0.3, 0.4) is 0 Å². The van der Waals surface area contributed by atoms with Gasteiger partial charge in [-0.2, -0.15) is 5.10 Å². The lowest BCUT2D eigenvalue weighted by Crippen LogP contribution is -2.25. The van der Waals surface area contributed by atoms with Gasteiger partial charge in [0.05, 0.1) is 19.3 Å². The Bertz CT molecular complexity index is 324. The van der Waals surface area contributed by atoms with E-state index in [1.807, 2.05) is 12.4 Å². The van der Waals surface area contributed by atoms with Crippen LogP contribution in [0, 0.1) is 5.92 Å². The Kier molecular flexibility index (Phi) is 3.96. The van der Waals surface area contributed by atoms with Gasteiger partial charge in [0.1, 0.15) is 0 Å². The van der Waals surface area contributed by atoms with E-state index in [2.05, 4.69) is 17.3 Å². The van der Waals surface area contributed by atoms with Gasteiger partial charge >= 0.3 is 0 Å². The molecule has 90 valence electrons. The van der Waals surface area contributed by atoms with Crippen molar-refractivity contribution >= 4 is 0 Å². The Morgan fingerprint density at radius 3 is 3.12 bits per heavy atom. The molecule has 1 aliphatic rings. The van der Waals surface area contributed by atoms with E-state index < -0.39 is 0 Å². The summed E-state index contributed by atoms with van der Waals surface area (Å²) in [4.78, 5) is 0. The number of hydrogen-bond acceptors (Lipinski definition) is 3. The summed E-state index contributed by atoms with van der Waals surface area (Å²) in [5.74, 6) is 0.870. The van der Waals surface area contributed by atoms with Crippen LogP contribution in [0.2, 0.25) is 0 Å². The third-order valence-electron chi connectivity index (χ3n) is 3.31. The van der Waals surface area contributed by atoms with Crippen molar-refractivity contribution in [3.63, 3.8) is 0 Å². The molecule has 2 rings (SSSR count). The van der Waals surface area contributed by atoms with E-state index in [1.165, 1.54) is 24.8 Å². The fraction of sp³-hybridized carbons (Fsp3) is 0.750. The molecule has 4 nitrogen and oxygen atoms in total. The van der Waals surface area contributed by atoms with E-state index in [-0.39, 0.29) is 6.61 Å². The van der Waals surface area contributed by atoms with Crippen LogP contribution in [-0.2, 0) is 13.1 Å². The van der Waals surface area contributed by atoms with Gasteiger partial charge in [-0.1, -0.05) is 6.92 Å². The van der Waals surface area contributed by atoms with Crippen molar-refractivity contribution in [1.29, 1.82) is 0 Å².